The van der Waals surface area contributed by atoms with E-state index in [1.165, 1.54) is 12.1 Å². The molecule has 3 rings (SSSR count). The maximum Gasteiger partial charge on any atom is 0.239 e. The molecule has 0 saturated carbocycles. The Morgan fingerprint density at radius 3 is 2.74 bits per heavy atom. The van der Waals surface area contributed by atoms with Crippen LogP contribution < -0.4 is 0 Å². The minimum Gasteiger partial charge on any atom is -0.338 e. The lowest BCUT2D eigenvalue weighted by Gasteiger charge is -2.00. The Hall–Kier alpha value is -2.34. The van der Waals surface area contributed by atoms with Crippen molar-refractivity contribution >= 4 is 10.8 Å². The van der Waals surface area contributed by atoms with Crippen LogP contribution in [0, 0.1) is 12.7 Å². The molecule has 6 heteroatoms. The number of rotatable bonds is 5. The molecule has 1 atom stereocenters. The number of hydrogen-bond donors (Lipinski definition) is 0. The van der Waals surface area contributed by atoms with Crippen molar-refractivity contribution < 1.29 is 13.1 Å². The Bertz CT molecular complexity index is 848. The molecule has 118 valence electrons. The fourth-order valence-electron chi connectivity index (χ4n) is 2.25. The zero-order valence-corrected chi connectivity index (χ0v) is 13.3. The molecule has 0 unspecified atom stereocenters. The Labute approximate surface area is 135 Å². The van der Waals surface area contributed by atoms with Crippen LogP contribution in [0.2, 0.25) is 0 Å². The Balaban J connectivity index is 1.69. The molecule has 0 bridgehead atoms. The van der Waals surface area contributed by atoms with Crippen molar-refractivity contribution in [3.8, 4) is 11.4 Å². The summed E-state index contributed by atoms with van der Waals surface area (Å²) in [7, 11) is -1.24. The molecule has 1 aromatic heterocycles. The highest BCUT2D eigenvalue weighted by molar-refractivity contribution is 7.83. The van der Waals surface area contributed by atoms with Gasteiger partial charge < -0.3 is 4.52 Å². The minimum absolute atomic E-state index is 0.148. The van der Waals surface area contributed by atoms with Crippen molar-refractivity contribution in [2.24, 2.45) is 0 Å². The third-order valence-electron chi connectivity index (χ3n) is 3.36. The normalized spacial score (nSPS) is 12.3. The van der Waals surface area contributed by atoms with Crippen molar-refractivity contribution in [3.63, 3.8) is 0 Å². The van der Waals surface area contributed by atoms with Gasteiger partial charge in [0, 0.05) is 22.1 Å². The van der Waals surface area contributed by atoms with Crippen LogP contribution in [0.4, 0.5) is 4.39 Å². The van der Waals surface area contributed by atoms with Crippen molar-refractivity contribution in [2.75, 3.05) is 0 Å². The summed E-state index contributed by atoms with van der Waals surface area (Å²) in [6.07, 6.45) is 0. The summed E-state index contributed by atoms with van der Waals surface area (Å²) in [5.41, 5.74) is 2.61. The number of nitrogens with zero attached hydrogens (tertiary/aromatic N) is 2. The van der Waals surface area contributed by atoms with Gasteiger partial charge in [0.2, 0.25) is 11.7 Å². The summed E-state index contributed by atoms with van der Waals surface area (Å²) in [6.45, 7) is 1.97. The third kappa shape index (κ3) is 3.90. The van der Waals surface area contributed by atoms with Crippen molar-refractivity contribution in [1.29, 1.82) is 0 Å². The van der Waals surface area contributed by atoms with Gasteiger partial charge in [-0.2, -0.15) is 4.98 Å². The van der Waals surface area contributed by atoms with Crippen LogP contribution in [0.25, 0.3) is 11.4 Å². The maximum atomic E-state index is 13.1. The first kappa shape index (κ1) is 15.6. The van der Waals surface area contributed by atoms with Gasteiger partial charge in [0.15, 0.2) is 0 Å². The van der Waals surface area contributed by atoms with Crippen molar-refractivity contribution in [2.45, 2.75) is 18.4 Å². The summed E-state index contributed by atoms with van der Waals surface area (Å²) in [5, 5.41) is 3.94. The van der Waals surface area contributed by atoms with Gasteiger partial charge in [-0.3, -0.25) is 4.21 Å². The van der Waals surface area contributed by atoms with E-state index in [0.29, 0.717) is 17.3 Å². The average Bonchev–Trinajstić information content (AvgIpc) is 2.95. The molecule has 3 aromatic rings. The van der Waals surface area contributed by atoms with E-state index in [9.17, 15) is 8.60 Å². The van der Waals surface area contributed by atoms with Gasteiger partial charge in [-0.25, -0.2) is 4.39 Å². The van der Waals surface area contributed by atoms with Gasteiger partial charge >= 0.3 is 0 Å². The molecule has 0 aliphatic carbocycles. The molecule has 0 radical (unpaired) electrons. The van der Waals surface area contributed by atoms with Crippen molar-refractivity contribution in [3.05, 3.63) is 71.4 Å². The van der Waals surface area contributed by atoms with E-state index in [1.807, 2.05) is 31.2 Å². The van der Waals surface area contributed by atoms with E-state index in [4.69, 9.17) is 4.52 Å². The van der Waals surface area contributed by atoms with Gasteiger partial charge in [0.1, 0.15) is 11.6 Å². The summed E-state index contributed by atoms with van der Waals surface area (Å²) in [4.78, 5) is 4.30. The molecule has 2 aromatic carbocycles. The molecule has 0 fully saturated rings. The fourth-order valence-corrected chi connectivity index (χ4v) is 3.29. The predicted octanol–water partition coefficient (Wildman–Crippen LogP) is 3.63. The third-order valence-corrected chi connectivity index (χ3v) is 4.58. The van der Waals surface area contributed by atoms with E-state index in [0.717, 1.165) is 11.1 Å². The van der Waals surface area contributed by atoms with Gasteiger partial charge in [-0.05, 0) is 30.2 Å². The van der Waals surface area contributed by atoms with E-state index >= 15 is 0 Å². The van der Waals surface area contributed by atoms with E-state index in [2.05, 4.69) is 10.1 Å². The summed E-state index contributed by atoms with van der Waals surface area (Å²) in [5.74, 6) is 0.868. The van der Waals surface area contributed by atoms with Gasteiger partial charge in [0.05, 0.1) is 0 Å². The lowest BCUT2D eigenvalue weighted by molar-refractivity contribution is 0.390. The topological polar surface area (TPSA) is 56.0 Å². The molecule has 4 nitrogen and oxygen atoms in total. The molecule has 0 aliphatic heterocycles. The molecule has 0 amide bonds. The number of hydrogen-bond acceptors (Lipinski definition) is 4. The highest BCUT2D eigenvalue weighted by atomic mass is 32.2. The van der Waals surface area contributed by atoms with E-state index in [1.54, 1.807) is 12.1 Å². The van der Waals surface area contributed by atoms with Crippen LogP contribution in [0.5, 0.6) is 0 Å². The summed E-state index contributed by atoms with van der Waals surface area (Å²) < 4.78 is 30.5. The smallest absolute Gasteiger partial charge is 0.239 e. The Morgan fingerprint density at radius 2 is 1.96 bits per heavy atom. The van der Waals surface area contributed by atoms with E-state index in [-0.39, 0.29) is 17.3 Å². The zero-order valence-electron chi connectivity index (χ0n) is 12.5. The second-order valence-corrected chi connectivity index (χ2v) is 6.64. The zero-order chi connectivity index (χ0) is 16.2. The quantitative estimate of drug-likeness (QED) is 0.717. The molecule has 1 heterocycles. The monoisotopic (exact) mass is 330 g/mol. The molecular weight excluding hydrogens is 315 g/mol. The molecule has 0 saturated heterocycles. The molecule has 23 heavy (non-hydrogen) atoms. The van der Waals surface area contributed by atoms with Crippen LogP contribution in [0.1, 0.15) is 17.0 Å². The lowest BCUT2D eigenvalue weighted by atomic mass is 10.1. The van der Waals surface area contributed by atoms with Gasteiger partial charge in [-0.15, -0.1) is 0 Å². The first-order chi connectivity index (χ1) is 11.1. The predicted molar refractivity (Wildman–Crippen MR) is 86.4 cm³/mol. The van der Waals surface area contributed by atoms with Crippen LogP contribution in [0.15, 0.2) is 53.1 Å². The first-order valence-electron chi connectivity index (χ1n) is 7.10. The number of aromatic nitrogens is 2. The van der Waals surface area contributed by atoms with Gasteiger partial charge in [0.25, 0.3) is 0 Å². The average molecular weight is 330 g/mol. The molecule has 0 N–H and O–H groups in total. The number of aryl methyl sites for hydroxylation is 1. The highest BCUT2D eigenvalue weighted by Gasteiger charge is 2.13. The van der Waals surface area contributed by atoms with Gasteiger partial charge in [-0.1, -0.05) is 41.6 Å². The Morgan fingerprint density at radius 1 is 1.13 bits per heavy atom. The minimum atomic E-state index is -1.24. The lowest BCUT2D eigenvalue weighted by Crippen LogP contribution is -2.00. The SMILES string of the molecule is Cc1ccccc1-c1noc(C[S@@](=O)Cc2cccc(F)c2)n1. The van der Waals surface area contributed by atoms with Crippen LogP contribution >= 0.6 is 0 Å². The standard InChI is InChI=1S/C17H15FN2O2S/c1-12-5-2-3-8-15(12)17-19-16(22-20-17)11-23(21)10-13-6-4-7-14(18)9-13/h2-9H,10-11H2,1H3/t23-/m0/s1. The second kappa shape index (κ2) is 6.83. The molecular formula is C17H15FN2O2S. The largest absolute Gasteiger partial charge is 0.338 e. The summed E-state index contributed by atoms with van der Waals surface area (Å²) in [6, 6.07) is 13.8. The summed E-state index contributed by atoms with van der Waals surface area (Å²) >= 11 is 0. The first-order valence-corrected chi connectivity index (χ1v) is 8.58. The molecule has 0 aliphatic rings. The molecule has 0 spiro atoms. The van der Waals surface area contributed by atoms with E-state index < -0.39 is 10.8 Å². The second-order valence-electron chi connectivity index (χ2n) is 5.19. The number of halogens is 1. The highest BCUT2D eigenvalue weighted by Crippen LogP contribution is 2.20. The fraction of sp³-hybridized carbons (Fsp3) is 0.176. The Kier molecular flexibility index (Phi) is 4.62. The van der Waals surface area contributed by atoms with Crippen LogP contribution in [-0.4, -0.2) is 14.3 Å². The maximum absolute atomic E-state index is 13.1. The van der Waals surface area contributed by atoms with Crippen molar-refractivity contribution in [1.82, 2.24) is 10.1 Å². The van der Waals surface area contributed by atoms with Crippen LogP contribution in [-0.2, 0) is 22.3 Å². The number of benzene rings is 2. The van der Waals surface area contributed by atoms with Crippen LogP contribution in [0.3, 0.4) is 0 Å².